The molecule has 3 N–H and O–H groups in total. The monoisotopic (exact) mass is 488 g/mol. The molecule has 0 spiro atoms. The fourth-order valence-electron chi connectivity index (χ4n) is 4.93. The molecule has 180 valence electrons. The Labute approximate surface area is 210 Å². The minimum atomic E-state index is -0.614. The third-order valence-corrected chi connectivity index (χ3v) is 6.98. The predicted molar refractivity (Wildman–Crippen MR) is 142 cm³/mol. The van der Waals surface area contributed by atoms with E-state index in [-0.39, 0.29) is 11.7 Å². The number of halogens is 1. The van der Waals surface area contributed by atoms with Crippen LogP contribution in [0.5, 0.6) is 5.75 Å². The lowest BCUT2D eigenvalue weighted by Crippen LogP contribution is -2.50. The van der Waals surface area contributed by atoms with E-state index in [1.165, 1.54) is 0 Å². The van der Waals surface area contributed by atoms with Crippen molar-refractivity contribution in [1.82, 2.24) is 10.6 Å². The number of phenols is 1. The van der Waals surface area contributed by atoms with Crippen molar-refractivity contribution in [3.63, 3.8) is 0 Å². The minimum Gasteiger partial charge on any atom is -0.508 e. The number of aliphatic imine (C=N–C) groups is 1. The lowest BCUT2D eigenvalue weighted by atomic mass is 9.90. The average Bonchev–Trinajstić information content (AvgIpc) is 2.79. The number of carbonyl (C=O) groups is 1. The van der Waals surface area contributed by atoms with Gasteiger partial charge < -0.3 is 20.6 Å². The van der Waals surface area contributed by atoms with Crippen molar-refractivity contribution in [3.05, 3.63) is 76.3 Å². The third-order valence-electron chi connectivity index (χ3n) is 6.77. The number of hydrogen-bond acceptors (Lipinski definition) is 5. The second-order valence-corrected chi connectivity index (χ2v) is 9.76. The quantitative estimate of drug-likeness (QED) is 0.448. The SMILES string of the molecule is CNC(=O)C1c2cc(-c3cccc(O)c3)c(C)cc2N=C(C[C@@H]2CCN2)N1c1cc(C)cc(Cl)c1. The number of nitrogens with one attached hydrogen (secondary N) is 2. The van der Waals surface area contributed by atoms with Crippen LogP contribution in [0.4, 0.5) is 11.4 Å². The Morgan fingerprint density at radius 3 is 2.66 bits per heavy atom. The second kappa shape index (κ2) is 9.36. The molecule has 3 aromatic carbocycles. The normalized spacial score (nSPS) is 19.0. The number of nitrogens with zero attached hydrogens (tertiary/aromatic N) is 2. The molecule has 1 fully saturated rings. The van der Waals surface area contributed by atoms with Crippen molar-refractivity contribution in [3.8, 4) is 16.9 Å². The van der Waals surface area contributed by atoms with Gasteiger partial charge in [-0.3, -0.25) is 4.79 Å². The summed E-state index contributed by atoms with van der Waals surface area (Å²) in [5.41, 5.74) is 6.34. The van der Waals surface area contributed by atoms with Crippen LogP contribution in [0.1, 0.15) is 35.6 Å². The molecular formula is C28H29ClN4O2. The van der Waals surface area contributed by atoms with E-state index in [1.54, 1.807) is 19.2 Å². The van der Waals surface area contributed by atoms with Gasteiger partial charge in [-0.15, -0.1) is 0 Å². The maximum absolute atomic E-state index is 13.5. The first kappa shape index (κ1) is 23.4. The molecule has 1 amide bonds. The number of fused-ring (bicyclic) bond motifs is 1. The van der Waals surface area contributed by atoms with Crippen LogP contribution in [0.15, 0.2) is 59.6 Å². The van der Waals surface area contributed by atoms with Gasteiger partial charge in [0.25, 0.3) is 0 Å². The zero-order chi connectivity index (χ0) is 24.7. The number of hydrogen-bond donors (Lipinski definition) is 3. The van der Waals surface area contributed by atoms with Gasteiger partial charge in [0.15, 0.2) is 0 Å². The van der Waals surface area contributed by atoms with Gasteiger partial charge in [-0.2, -0.15) is 0 Å². The summed E-state index contributed by atoms with van der Waals surface area (Å²) in [6.07, 6.45) is 1.79. The van der Waals surface area contributed by atoms with E-state index < -0.39 is 6.04 Å². The molecule has 0 radical (unpaired) electrons. The van der Waals surface area contributed by atoms with Gasteiger partial charge in [0.1, 0.15) is 17.6 Å². The number of likely N-dealkylation sites (N-methyl/N-ethyl adjacent to an activating group) is 1. The highest BCUT2D eigenvalue weighted by Crippen LogP contribution is 2.43. The highest BCUT2D eigenvalue weighted by Gasteiger charge is 2.38. The smallest absolute Gasteiger partial charge is 0.247 e. The van der Waals surface area contributed by atoms with E-state index in [1.807, 2.05) is 61.2 Å². The molecule has 0 aliphatic carbocycles. The Kier molecular flexibility index (Phi) is 6.26. The maximum atomic E-state index is 13.5. The lowest BCUT2D eigenvalue weighted by molar-refractivity contribution is -0.121. The molecule has 2 atom stereocenters. The Balaban J connectivity index is 1.72. The molecule has 2 aliphatic rings. The molecule has 35 heavy (non-hydrogen) atoms. The molecular weight excluding hydrogens is 460 g/mol. The summed E-state index contributed by atoms with van der Waals surface area (Å²) in [6.45, 7) is 5.02. The Hall–Kier alpha value is -3.35. The summed E-state index contributed by atoms with van der Waals surface area (Å²) in [4.78, 5) is 20.6. The zero-order valence-corrected chi connectivity index (χ0v) is 20.9. The van der Waals surface area contributed by atoms with Gasteiger partial charge in [-0.05, 0) is 91.5 Å². The number of aryl methyl sites for hydroxylation is 2. The largest absolute Gasteiger partial charge is 0.508 e. The number of anilines is 1. The topological polar surface area (TPSA) is 77.0 Å². The van der Waals surface area contributed by atoms with E-state index >= 15 is 0 Å². The molecule has 0 saturated carbocycles. The van der Waals surface area contributed by atoms with Gasteiger partial charge in [-0.25, -0.2) is 4.99 Å². The summed E-state index contributed by atoms with van der Waals surface area (Å²) in [7, 11) is 1.66. The molecule has 3 aromatic rings. The molecule has 0 bridgehead atoms. The summed E-state index contributed by atoms with van der Waals surface area (Å²) >= 11 is 6.46. The summed E-state index contributed by atoms with van der Waals surface area (Å²) in [5.74, 6) is 0.921. The van der Waals surface area contributed by atoms with E-state index in [0.29, 0.717) is 17.5 Å². The summed E-state index contributed by atoms with van der Waals surface area (Å²) in [6, 6.07) is 16.8. The van der Waals surface area contributed by atoms with Gasteiger partial charge >= 0.3 is 0 Å². The lowest BCUT2D eigenvalue weighted by Gasteiger charge is -2.40. The standard InChI is InChI=1S/C28H29ClN4O2/c1-16-9-19(29)13-21(10-16)33-26(14-20-7-8-31-20)32-25-11-17(2)23(18-5-4-6-22(34)12-18)15-24(25)27(33)28(35)30-3/h4-6,9-13,15,20,27,31,34H,7-8,14H2,1-3H3,(H,30,35)/t20-,27?/m0/s1. The van der Waals surface area contributed by atoms with Crippen molar-refractivity contribution in [2.24, 2.45) is 4.99 Å². The third kappa shape index (κ3) is 4.51. The van der Waals surface area contributed by atoms with Crippen LogP contribution in [-0.4, -0.2) is 36.5 Å². The van der Waals surface area contributed by atoms with Gasteiger partial charge in [0, 0.05) is 35.8 Å². The van der Waals surface area contributed by atoms with Crippen LogP contribution in [0.2, 0.25) is 5.02 Å². The molecule has 0 aromatic heterocycles. The van der Waals surface area contributed by atoms with Crippen LogP contribution in [-0.2, 0) is 4.79 Å². The molecule has 2 heterocycles. The number of benzene rings is 3. The molecule has 2 aliphatic heterocycles. The van der Waals surface area contributed by atoms with Crippen molar-refractivity contribution in [2.45, 2.75) is 38.8 Å². The first-order chi connectivity index (χ1) is 16.8. The Bertz CT molecular complexity index is 1310. The molecule has 1 unspecified atom stereocenters. The molecule has 5 rings (SSSR count). The van der Waals surface area contributed by atoms with Gasteiger partial charge in [-0.1, -0.05) is 23.7 Å². The highest BCUT2D eigenvalue weighted by atomic mass is 35.5. The molecule has 6 nitrogen and oxygen atoms in total. The highest BCUT2D eigenvalue weighted by molar-refractivity contribution is 6.31. The Morgan fingerprint density at radius 1 is 1.20 bits per heavy atom. The first-order valence-electron chi connectivity index (χ1n) is 11.9. The van der Waals surface area contributed by atoms with Crippen LogP contribution < -0.4 is 15.5 Å². The molecule has 1 saturated heterocycles. The second-order valence-electron chi connectivity index (χ2n) is 9.32. The van der Waals surface area contributed by atoms with E-state index in [0.717, 1.165) is 58.0 Å². The summed E-state index contributed by atoms with van der Waals surface area (Å²) in [5, 5.41) is 17.0. The van der Waals surface area contributed by atoms with Crippen molar-refractivity contribution >= 4 is 34.7 Å². The van der Waals surface area contributed by atoms with Gasteiger partial charge in [0.2, 0.25) is 5.91 Å². The van der Waals surface area contributed by atoms with Crippen molar-refractivity contribution < 1.29 is 9.90 Å². The van der Waals surface area contributed by atoms with E-state index in [2.05, 4.69) is 10.6 Å². The number of carbonyl (C=O) groups excluding carboxylic acids is 1. The fraction of sp³-hybridized carbons (Fsp3) is 0.286. The van der Waals surface area contributed by atoms with Crippen molar-refractivity contribution in [2.75, 3.05) is 18.5 Å². The van der Waals surface area contributed by atoms with Crippen LogP contribution in [0, 0.1) is 13.8 Å². The van der Waals surface area contributed by atoms with Crippen LogP contribution in [0.25, 0.3) is 11.1 Å². The van der Waals surface area contributed by atoms with Crippen LogP contribution >= 0.6 is 11.6 Å². The number of amides is 1. The Morgan fingerprint density at radius 2 is 2.00 bits per heavy atom. The van der Waals surface area contributed by atoms with E-state index in [9.17, 15) is 9.90 Å². The number of aromatic hydroxyl groups is 1. The minimum absolute atomic E-state index is 0.122. The van der Waals surface area contributed by atoms with E-state index in [4.69, 9.17) is 16.6 Å². The molecule has 7 heteroatoms. The maximum Gasteiger partial charge on any atom is 0.247 e. The predicted octanol–water partition coefficient (Wildman–Crippen LogP) is 5.42. The van der Waals surface area contributed by atoms with Gasteiger partial charge in [0.05, 0.1) is 5.69 Å². The fourth-order valence-corrected chi connectivity index (χ4v) is 5.21. The van der Waals surface area contributed by atoms with Crippen LogP contribution in [0.3, 0.4) is 0 Å². The first-order valence-corrected chi connectivity index (χ1v) is 12.2. The average molecular weight is 489 g/mol. The summed E-state index contributed by atoms with van der Waals surface area (Å²) < 4.78 is 0. The zero-order valence-electron chi connectivity index (χ0n) is 20.1. The number of amidine groups is 1. The number of phenolic OH excluding ortho intramolecular Hbond substituents is 1. The van der Waals surface area contributed by atoms with Crippen molar-refractivity contribution in [1.29, 1.82) is 0 Å². The number of rotatable bonds is 5.